The number of furan rings is 1. The van der Waals surface area contributed by atoms with Gasteiger partial charge >= 0.3 is 20.1 Å². The van der Waals surface area contributed by atoms with Gasteiger partial charge in [-0.2, -0.15) is 59.8 Å². The van der Waals surface area contributed by atoms with E-state index in [-0.39, 0.29) is 30.9 Å². The van der Waals surface area contributed by atoms with Gasteiger partial charge in [0.25, 0.3) is 0 Å². The molecule has 7 aromatic rings. The standard InChI is InChI=1S/C26H29N6.C20H17NO.Ir/c1-25(2,3)22-28-23(26(4,5)6)30-24(29-22)32(20-15-11-8-12-16-20)21-17-31(18-27-21)19-13-9-7-10-14-19;1-14(8-6-7-13-21-3)19-15(2)11-12-17-16-9-4-5-10-18(16)22-20(17)19;/h7-15,17-18H,1-6H3;4-13H,2-3H2,1H3;/q-1;-2;+3/b;7-6-,14-8+,21-13?;. The normalized spacial score (nSPS) is 12.2. The molecule has 0 fully saturated rings. The van der Waals surface area contributed by atoms with Gasteiger partial charge < -0.3 is 14.0 Å². The Kier molecular flexibility index (Phi) is 12.6. The van der Waals surface area contributed by atoms with Crippen LogP contribution in [0.2, 0.25) is 0 Å². The molecule has 0 spiro atoms. The minimum absolute atomic E-state index is 0. The van der Waals surface area contributed by atoms with Crippen LogP contribution in [0.25, 0.3) is 33.2 Å². The Labute approximate surface area is 338 Å². The van der Waals surface area contributed by atoms with E-state index >= 15 is 0 Å². The third-order valence-electron chi connectivity index (χ3n) is 8.63. The Hall–Kier alpha value is -5.76. The Morgan fingerprint density at radius 2 is 1.49 bits per heavy atom. The van der Waals surface area contributed by atoms with Crippen molar-refractivity contribution in [3.63, 3.8) is 0 Å². The van der Waals surface area contributed by atoms with Gasteiger partial charge in [0.2, 0.25) is 5.95 Å². The minimum atomic E-state index is -0.229. The number of anilines is 3. The van der Waals surface area contributed by atoms with Crippen LogP contribution < -0.4 is 4.90 Å². The van der Waals surface area contributed by atoms with Gasteiger partial charge in [0.15, 0.2) is 5.82 Å². The van der Waals surface area contributed by atoms with E-state index < -0.39 is 0 Å². The first-order valence-electron chi connectivity index (χ1n) is 17.9. The molecule has 3 aromatic heterocycles. The zero-order valence-electron chi connectivity index (χ0n) is 32.4. The predicted molar refractivity (Wildman–Crippen MR) is 223 cm³/mol. The van der Waals surface area contributed by atoms with Crippen molar-refractivity contribution in [3.05, 3.63) is 165 Å². The molecule has 4 aromatic carbocycles. The summed E-state index contributed by atoms with van der Waals surface area (Å²) in [7, 11) is 3.41. The van der Waals surface area contributed by atoms with Gasteiger partial charge in [0.1, 0.15) is 23.6 Å². The van der Waals surface area contributed by atoms with Crippen LogP contribution in [0, 0.1) is 20.0 Å². The van der Waals surface area contributed by atoms with Gasteiger partial charge in [-0.25, -0.2) is 9.97 Å². The minimum Gasteiger partial charge on any atom is -0.468 e. The van der Waals surface area contributed by atoms with Crippen molar-refractivity contribution in [1.29, 1.82) is 0 Å². The van der Waals surface area contributed by atoms with Gasteiger partial charge in [0, 0.05) is 27.3 Å². The summed E-state index contributed by atoms with van der Waals surface area (Å²) in [5, 5.41) is 2.25. The van der Waals surface area contributed by atoms with Crippen molar-refractivity contribution in [2.75, 3.05) is 4.90 Å². The van der Waals surface area contributed by atoms with Crippen LogP contribution in [-0.4, -0.2) is 30.7 Å². The fourth-order valence-corrected chi connectivity index (χ4v) is 5.82. The molecule has 0 N–H and O–H groups in total. The van der Waals surface area contributed by atoms with Crippen LogP contribution in [0.1, 0.15) is 71.2 Å². The van der Waals surface area contributed by atoms with Crippen molar-refractivity contribution >= 4 is 51.2 Å². The average Bonchev–Trinajstić information content (AvgIpc) is 3.79. The number of hydrogen-bond acceptors (Lipinski definition) is 7. The molecule has 0 radical (unpaired) electrons. The number of imidazole rings is 1. The van der Waals surface area contributed by atoms with Gasteiger partial charge in [0.05, 0.1) is 11.8 Å². The van der Waals surface area contributed by atoms with Crippen LogP contribution in [0.3, 0.4) is 0 Å². The molecule has 55 heavy (non-hydrogen) atoms. The molecule has 3 heterocycles. The van der Waals surface area contributed by atoms with E-state index in [1.165, 1.54) is 0 Å². The van der Waals surface area contributed by atoms with Gasteiger partial charge in [-0.15, -0.1) is 24.4 Å². The van der Waals surface area contributed by atoms with Crippen molar-refractivity contribution in [1.82, 2.24) is 24.5 Å². The fourth-order valence-electron chi connectivity index (χ4n) is 5.82. The number of fused-ring (bicyclic) bond motifs is 3. The van der Waals surface area contributed by atoms with E-state index in [0.29, 0.717) is 11.8 Å². The van der Waals surface area contributed by atoms with Crippen LogP contribution in [0.5, 0.6) is 0 Å². The van der Waals surface area contributed by atoms with Crippen LogP contribution in [0.4, 0.5) is 17.5 Å². The van der Waals surface area contributed by atoms with Gasteiger partial charge in [-0.3, -0.25) is 4.90 Å². The van der Waals surface area contributed by atoms with E-state index in [0.717, 1.165) is 61.7 Å². The Balaban J connectivity index is 0.000000221. The van der Waals surface area contributed by atoms with Crippen molar-refractivity contribution in [2.24, 2.45) is 4.99 Å². The molecule has 0 saturated carbocycles. The largest absolute Gasteiger partial charge is 3.00 e. The van der Waals surface area contributed by atoms with E-state index in [4.69, 9.17) is 24.4 Å². The second-order valence-electron chi connectivity index (χ2n) is 15.0. The second kappa shape index (κ2) is 17.1. The summed E-state index contributed by atoms with van der Waals surface area (Å²) in [6, 6.07) is 33.4. The first-order valence-corrected chi connectivity index (χ1v) is 17.9. The maximum atomic E-state index is 6.07. The molecule has 0 aliphatic carbocycles. The van der Waals surface area contributed by atoms with Crippen LogP contribution >= 0.6 is 0 Å². The molecule has 0 bridgehead atoms. The third kappa shape index (κ3) is 9.31. The molecular weight excluding hydrogens is 859 g/mol. The van der Waals surface area contributed by atoms with Crippen molar-refractivity contribution < 1.29 is 24.5 Å². The fraction of sp³-hybridized carbons (Fsp3) is 0.196. The number of hydrogen-bond donors (Lipinski definition) is 0. The summed E-state index contributed by atoms with van der Waals surface area (Å²) in [5.74, 6) is 2.74. The van der Waals surface area contributed by atoms with E-state index in [2.05, 4.69) is 85.6 Å². The number of aliphatic imine (C=N–C) groups is 1. The summed E-state index contributed by atoms with van der Waals surface area (Å²) in [6.07, 6.45) is 11.2. The smallest absolute Gasteiger partial charge is 0.468 e. The molecular formula is C46H46IrN7O. The molecule has 8 nitrogen and oxygen atoms in total. The quantitative estimate of drug-likeness (QED) is 0.0900. The maximum Gasteiger partial charge on any atom is 3.00 e. The Bertz CT molecular complexity index is 2420. The summed E-state index contributed by atoms with van der Waals surface area (Å²) in [4.78, 5) is 24.9. The number of para-hydroxylation sites is 3. The molecule has 0 saturated heterocycles. The SMILES string of the molecule is CC(C)(C)c1nc(N(c2[c-]cccc2)c2cn(-c3ccccc3)cn2)nc(C(C)(C)C)n1.[CH2-]N=C/C=C\C=C(/C)c1c([CH2-])ccc2c1oc1ccccc12.[Ir+3]. The van der Waals surface area contributed by atoms with Crippen molar-refractivity contribution in [3.8, 4) is 5.69 Å². The molecule has 0 unspecified atom stereocenters. The molecule has 7 rings (SSSR count). The number of rotatable bonds is 7. The summed E-state index contributed by atoms with van der Waals surface area (Å²) < 4.78 is 8.06. The predicted octanol–water partition coefficient (Wildman–Crippen LogP) is 11.5. The average molecular weight is 905 g/mol. The Morgan fingerprint density at radius 1 is 0.818 bits per heavy atom. The second-order valence-corrected chi connectivity index (χ2v) is 15.0. The van der Waals surface area contributed by atoms with Gasteiger partial charge in [-0.05, 0) is 18.2 Å². The number of nitrogens with zero attached hydrogens (tertiary/aromatic N) is 7. The summed E-state index contributed by atoms with van der Waals surface area (Å²) in [5.41, 5.74) is 6.29. The van der Waals surface area contributed by atoms with E-state index in [1.807, 2.05) is 113 Å². The third-order valence-corrected chi connectivity index (χ3v) is 8.63. The van der Waals surface area contributed by atoms with Gasteiger partial charge in [-0.1, -0.05) is 114 Å². The van der Waals surface area contributed by atoms with E-state index in [1.54, 1.807) is 12.5 Å². The molecule has 0 aliphatic heterocycles. The topological polar surface area (TPSA) is 85.2 Å². The zero-order valence-corrected chi connectivity index (χ0v) is 34.8. The number of benzene rings is 4. The maximum absolute atomic E-state index is 6.07. The first kappa shape index (κ1) is 40.4. The van der Waals surface area contributed by atoms with E-state index in [9.17, 15) is 0 Å². The molecule has 0 aliphatic rings. The zero-order chi connectivity index (χ0) is 38.5. The summed E-state index contributed by atoms with van der Waals surface area (Å²) in [6.45, 7) is 18.9. The van der Waals surface area contributed by atoms with Crippen LogP contribution in [-0.2, 0) is 30.9 Å². The van der Waals surface area contributed by atoms with Crippen LogP contribution in [0.15, 0.2) is 131 Å². The molecule has 9 heteroatoms. The monoisotopic (exact) mass is 905 g/mol. The molecule has 0 atom stereocenters. The number of aromatic nitrogens is 5. The molecule has 280 valence electrons. The number of allylic oxidation sites excluding steroid dienone is 4. The Morgan fingerprint density at radius 3 is 2.15 bits per heavy atom. The first-order chi connectivity index (χ1) is 25.8. The molecule has 0 amide bonds. The summed E-state index contributed by atoms with van der Waals surface area (Å²) >= 11 is 0. The van der Waals surface area contributed by atoms with Crippen molar-refractivity contribution in [2.45, 2.75) is 59.3 Å².